The maximum Gasteiger partial charge on any atom is 0.226 e. The van der Waals surface area contributed by atoms with Crippen LogP contribution in [0.4, 0.5) is 5.82 Å². The Morgan fingerprint density at radius 2 is 2.00 bits per heavy atom. The van der Waals surface area contributed by atoms with Crippen LogP contribution in [0, 0.1) is 13.8 Å². The second kappa shape index (κ2) is 7.38. The number of carbonyl (C=O) groups excluding carboxylic acids is 1. The number of carbonyl (C=O) groups is 1. The average molecular weight is 377 g/mol. The van der Waals surface area contributed by atoms with Gasteiger partial charge in [-0.1, -0.05) is 42.0 Å². The minimum atomic E-state index is -0.148. The van der Waals surface area contributed by atoms with Crippen LogP contribution in [-0.2, 0) is 11.4 Å². The first kappa shape index (κ1) is 18.1. The molecule has 0 fully saturated rings. The fraction of sp³-hybridized carbons (Fsp3) is 0.273. The predicted octanol–water partition coefficient (Wildman–Crippen LogP) is 4.09. The van der Waals surface area contributed by atoms with Crippen molar-refractivity contribution in [3.63, 3.8) is 0 Å². The van der Waals surface area contributed by atoms with Crippen molar-refractivity contribution in [3.8, 4) is 11.5 Å². The number of nitrogens with one attached hydrogen (secondary N) is 2. The van der Waals surface area contributed by atoms with Gasteiger partial charge in [0.2, 0.25) is 5.91 Å². The molecule has 1 aromatic heterocycles. The number of aromatic nitrogens is 2. The van der Waals surface area contributed by atoms with E-state index in [2.05, 4.69) is 34.6 Å². The summed E-state index contributed by atoms with van der Waals surface area (Å²) in [5.74, 6) is 1.70. The minimum Gasteiger partial charge on any atom is -0.493 e. The van der Waals surface area contributed by atoms with Gasteiger partial charge in [-0.2, -0.15) is 5.10 Å². The first-order valence-corrected chi connectivity index (χ1v) is 9.26. The largest absolute Gasteiger partial charge is 0.493 e. The number of anilines is 1. The minimum absolute atomic E-state index is 0.0588. The molecule has 144 valence electrons. The van der Waals surface area contributed by atoms with Gasteiger partial charge < -0.3 is 14.8 Å². The Kier molecular flexibility index (Phi) is 4.77. The van der Waals surface area contributed by atoms with Gasteiger partial charge in [0.1, 0.15) is 6.61 Å². The topological polar surface area (TPSA) is 76.2 Å². The molecule has 0 bridgehead atoms. The Morgan fingerprint density at radius 3 is 2.79 bits per heavy atom. The molecular weight excluding hydrogens is 354 g/mol. The summed E-state index contributed by atoms with van der Waals surface area (Å²) in [6.45, 7) is 4.44. The molecule has 0 saturated carbocycles. The molecule has 4 rings (SSSR count). The van der Waals surface area contributed by atoms with Gasteiger partial charge in [0.15, 0.2) is 17.3 Å². The second-order valence-electron chi connectivity index (χ2n) is 7.07. The zero-order chi connectivity index (χ0) is 19.7. The van der Waals surface area contributed by atoms with Crippen LogP contribution in [0.15, 0.2) is 42.5 Å². The van der Waals surface area contributed by atoms with Crippen LogP contribution in [-0.4, -0.2) is 23.2 Å². The number of ether oxygens (including phenoxy) is 2. The van der Waals surface area contributed by atoms with E-state index in [4.69, 9.17) is 9.47 Å². The number of amides is 1. The summed E-state index contributed by atoms with van der Waals surface area (Å²) in [4.78, 5) is 12.3. The van der Waals surface area contributed by atoms with E-state index in [1.165, 1.54) is 5.56 Å². The fourth-order valence-corrected chi connectivity index (χ4v) is 3.78. The molecule has 0 spiro atoms. The maximum atomic E-state index is 12.3. The molecule has 1 aliphatic heterocycles. The number of H-pyrrole nitrogens is 1. The lowest BCUT2D eigenvalue weighted by Crippen LogP contribution is -2.24. The van der Waals surface area contributed by atoms with Gasteiger partial charge >= 0.3 is 0 Å². The van der Waals surface area contributed by atoms with Gasteiger partial charge in [-0.3, -0.25) is 9.89 Å². The quantitative estimate of drug-likeness (QED) is 0.702. The first-order valence-electron chi connectivity index (χ1n) is 9.26. The summed E-state index contributed by atoms with van der Waals surface area (Å²) in [6, 6.07) is 14.0. The normalized spacial score (nSPS) is 15.7. The number of aromatic amines is 1. The molecule has 2 aromatic carbocycles. The highest BCUT2D eigenvalue weighted by atomic mass is 16.5. The van der Waals surface area contributed by atoms with Gasteiger partial charge in [-0.25, -0.2) is 0 Å². The zero-order valence-corrected chi connectivity index (χ0v) is 16.2. The highest BCUT2D eigenvalue weighted by Gasteiger charge is 2.33. The number of para-hydroxylation sites is 1. The van der Waals surface area contributed by atoms with Crippen molar-refractivity contribution >= 4 is 11.7 Å². The summed E-state index contributed by atoms with van der Waals surface area (Å²) in [5, 5.41) is 10.0. The van der Waals surface area contributed by atoms with Crippen molar-refractivity contribution in [2.45, 2.75) is 32.8 Å². The van der Waals surface area contributed by atoms with Crippen LogP contribution in [0.1, 0.15) is 40.3 Å². The Hall–Kier alpha value is -3.28. The number of benzene rings is 2. The summed E-state index contributed by atoms with van der Waals surface area (Å²) in [7, 11) is 1.63. The van der Waals surface area contributed by atoms with Crippen molar-refractivity contribution in [1.82, 2.24) is 10.2 Å². The molecule has 0 unspecified atom stereocenters. The van der Waals surface area contributed by atoms with E-state index in [0.29, 0.717) is 30.3 Å². The lowest BCUT2D eigenvalue weighted by Gasteiger charge is -2.25. The highest BCUT2D eigenvalue weighted by Crippen LogP contribution is 2.44. The first-order chi connectivity index (χ1) is 13.6. The highest BCUT2D eigenvalue weighted by molar-refractivity contribution is 5.94. The molecular formula is C22H23N3O3. The van der Waals surface area contributed by atoms with Gasteiger partial charge in [0, 0.05) is 29.2 Å². The van der Waals surface area contributed by atoms with Crippen molar-refractivity contribution in [2.24, 2.45) is 0 Å². The van der Waals surface area contributed by atoms with Gasteiger partial charge in [-0.15, -0.1) is 0 Å². The molecule has 3 aromatic rings. The van der Waals surface area contributed by atoms with E-state index in [1.807, 2.05) is 37.3 Å². The SMILES string of the molecule is COc1cccc([C@@H]2CC(=O)Nc3n[nH]c(C)c32)c1OCc1cccc(C)c1. The summed E-state index contributed by atoms with van der Waals surface area (Å²) in [5.41, 5.74) is 5.12. The Bertz CT molecular complexity index is 1030. The molecule has 0 radical (unpaired) electrons. The molecule has 6 heteroatoms. The van der Waals surface area contributed by atoms with Crippen LogP contribution >= 0.6 is 0 Å². The molecule has 28 heavy (non-hydrogen) atoms. The van der Waals surface area contributed by atoms with Crippen LogP contribution in [0.5, 0.6) is 11.5 Å². The summed E-state index contributed by atoms with van der Waals surface area (Å²) in [6.07, 6.45) is 0.335. The van der Waals surface area contributed by atoms with Gasteiger partial charge in [0.25, 0.3) is 0 Å². The van der Waals surface area contributed by atoms with Crippen LogP contribution in [0.25, 0.3) is 0 Å². The van der Waals surface area contributed by atoms with Crippen molar-refractivity contribution in [2.75, 3.05) is 12.4 Å². The summed E-state index contributed by atoms with van der Waals surface area (Å²) < 4.78 is 11.8. The second-order valence-corrected chi connectivity index (χ2v) is 7.07. The number of fused-ring (bicyclic) bond motifs is 1. The van der Waals surface area contributed by atoms with Crippen molar-refractivity contribution in [1.29, 1.82) is 0 Å². The molecule has 1 aliphatic rings. The molecule has 1 atom stereocenters. The number of hydrogen-bond donors (Lipinski definition) is 2. The number of nitrogens with zero attached hydrogens (tertiary/aromatic N) is 1. The maximum absolute atomic E-state index is 12.3. The molecule has 0 saturated heterocycles. The molecule has 6 nitrogen and oxygen atoms in total. The third kappa shape index (κ3) is 3.33. The van der Waals surface area contributed by atoms with E-state index in [9.17, 15) is 4.79 Å². The zero-order valence-electron chi connectivity index (χ0n) is 16.2. The average Bonchev–Trinajstić information content (AvgIpc) is 3.06. The monoisotopic (exact) mass is 377 g/mol. The Balaban J connectivity index is 1.74. The molecule has 0 aliphatic carbocycles. The van der Waals surface area contributed by atoms with E-state index in [-0.39, 0.29) is 11.8 Å². The molecule has 2 heterocycles. The van der Waals surface area contributed by atoms with Crippen LogP contribution in [0.2, 0.25) is 0 Å². The van der Waals surface area contributed by atoms with Crippen LogP contribution in [0.3, 0.4) is 0 Å². The third-order valence-electron chi connectivity index (χ3n) is 5.06. The predicted molar refractivity (Wildman–Crippen MR) is 107 cm³/mol. The number of aryl methyl sites for hydroxylation is 2. The molecule has 1 amide bonds. The van der Waals surface area contributed by atoms with Crippen molar-refractivity contribution in [3.05, 3.63) is 70.4 Å². The van der Waals surface area contributed by atoms with Crippen LogP contribution < -0.4 is 14.8 Å². The Labute approximate surface area is 163 Å². The van der Waals surface area contributed by atoms with E-state index < -0.39 is 0 Å². The van der Waals surface area contributed by atoms with Gasteiger partial charge in [-0.05, 0) is 25.5 Å². The Morgan fingerprint density at radius 1 is 1.18 bits per heavy atom. The number of methoxy groups -OCH3 is 1. The lowest BCUT2D eigenvalue weighted by atomic mass is 9.85. The smallest absolute Gasteiger partial charge is 0.226 e. The number of hydrogen-bond acceptors (Lipinski definition) is 4. The standard InChI is InChI=1S/C22H23N3O3/c1-13-6-4-7-15(10-13)12-28-21-16(8-5-9-18(21)27-3)17-11-19(26)23-22-20(17)14(2)24-25-22/h4-10,17H,11-12H2,1-3H3,(H2,23,24,25,26)/t17-/m0/s1. The molecule has 2 N–H and O–H groups in total. The van der Waals surface area contributed by atoms with Gasteiger partial charge in [0.05, 0.1) is 7.11 Å². The van der Waals surface area contributed by atoms with Crippen molar-refractivity contribution < 1.29 is 14.3 Å². The third-order valence-corrected chi connectivity index (χ3v) is 5.06. The van der Waals surface area contributed by atoms with E-state index >= 15 is 0 Å². The summed E-state index contributed by atoms with van der Waals surface area (Å²) >= 11 is 0. The lowest BCUT2D eigenvalue weighted by molar-refractivity contribution is -0.116. The van der Waals surface area contributed by atoms with E-state index in [1.54, 1.807) is 7.11 Å². The fourth-order valence-electron chi connectivity index (χ4n) is 3.78. The number of rotatable bonds is 5. The van der Waals surface area contributed by atoms with E-state index in [0.717, 1.165) is 22.4 Å².